The van der Waals surface area contributed by atoms with Gasteiger partial charge in [-0.2, -0.15) is 0 Å². The summed E-state index contributed by atoms with van der Waals surface area (Å²) in [4.78, 5) is 6.65. The SMILES string of the molecule is CN1c2ccc(F)cc2C(C)(C)C12C=Cc1ccc3cccnc3c1O2. The number of ether oxygens (including phenoxy) is 1. The molecule has 0 radical (unpaired) electrons. The van der Waals surface area contributed by atoms with Gasteiger partial charge in [0.1, 0.15) is 11.3 Å². The number of fused-ring (bicyclic) bond motifs is 4. The fourth-order valence-corrected chi connectivity index (χ4v) is 4.37. The zero-order valence-electron chi connectivity index (χ0n) is 15.0. The van der Waals surface area contributed by atoms with Gasteiger partial charge in [0.05, 0.1) is 5.41 Å². The zero-order chi connectivity index (χ0) is 18.1. The lowest BCUT2D eigenvalue weighted by atomic mass is 9.76. The van der Waals surface area contributed by atoms with Gasteiger partial charge in [-0.1, -0.05) is 18.2 Å². The van der Waals surface area contributed by atoms with Crippen LogP contribution in [-0.4, -0.2) is 17.8 Å². The Hall–Kier alpha value is -2.88. The first-order chi connectivity index (χ1) is 12.4. The predicted molar refractivity (Wildman–Crippen MR) is 102 cm³/mol. The summed E-state index contributed by atoms with van der Waals surface area (Å²) in [6, 6.07) is 13.0. The lowest BCUT2D eigenvalue weighted by Crippen LogP contribution is -2.58. The third kappa shape index (κ3) is 1.74. The maximum atomic E-state index is 13.9. The lowest BCUT2D eigenvalue weighted by Gasteiger charge is -2.45. The molecule has 0 saturated heterocycles. The average molecular weight is 346 g/mol. The Morgan fingerprint density at radius 2 is 1.96 bits per heavy atom. The fraction of sp³-hybridized carbons (Fsp3) is 0.227. The molecule has 0 aliphatic carbocycles. The highest BCUT2D eigenvalue weighted by Crippen LogP contribution is 2.54. The predicted octanol–water partition coefficient (Wildman–Crippen LogP) is 4.90. The number of halogens is 1. The Morgan fingerprint density at radius 1 is 1.12 bits per heavy atom. The van der Waals surface area contributed by atoms with Crippen molar-refractivity contribution in [2.75, 3.05) is 11.9 Å². The molecule has 2 aromatic carbocycles. The average Bonchev–Trinajstić information content (AvgIpc) is 2.80. The van der Waals surface area contributed by atoms with Crippen LogP contribution in [-0.2, 0) is 5.41 Å². The summed E-state index contributed by atoms with van der Waals surface area (Å²) in [6.45, 7) is 4.20. The van der Waals surface area contributed by atoms with Crippen molar-refractivity contribution in [1.29, 1.82) is 0 Å². The number of nitrogens with zero attached hydrogens (tertiary/aromatic N) is 2. The molecule has 3 aromatic rings. The van der Waals surface area contributed by atoms with Crippen LogP contribution >= 0.6 is 0 Å². The molecule has 4 heteroatoms. The van der Waals surface area contributed by atoms with E-state index in [9.17, 15) is 4.39 Å². The van der Waals surface area contributed by atoms with E-state index in [4.69, 9.17) is 4.74 Å². The van der Waals surface area contributed by atoms with Crippen LogP contribution in [0.4, 0.5) is 10.1 Å². The molecule has 1 aromatic heterocycles. The normalized spacial score (nSPS) is 22.4. The van der Waals surface area contributed by atoms with Crippen LogP contribution in [0.15, 0.2) is 54.7 Å². The number of hydrogen-bond acceptors (Lipinski definition) is 3. The largest absolute Gasteiger partial charge is 0.460 e. The standard InChI is InChI=1S/C22H19FN2O/c1-21(2)17-13-16(23)8-9-18(17)25(3)22(21)11-10-15-7-6-14-5-4-12-24-19(14)20(15)26-22/h4-13H,1-3H3. The van der Waals surface area contributed by atoms with Crippen molar-refractivity contribution in [1.82, 2.24) is 4.98 Å². The van der Waals surface area contributed by atoms with E-state index < -0.39 is 11.1 Å². The summed E-state index contributed by atoms with van der Waals surface area (Å²) in [7, 11) is 2.00. The van der Waals surface area contributed by atoms with E-state index in [1.54, 1.807) is 12.3 Å². The van der Waals surface area contributed by atoms with Gasteiger partial charge >= 0.3 is 0 Å². The van der Waals surface area contributed by atoms with Gasteiger partial charge in [0.2, 0.25) is 5.72 Å². The van der Waals surface area contributed by atoms with Crippen molar-refractivity contribution in [3.05, 3.63) is 71.7 Å². The summed E-state index contributed by atoms with van der Waals surface area (Å²) in [5.74, 6) is 0.549. The van der Waals surface area contributed by atoms with E-state index in [0.29, 0.717) is 0 Å². The Balaban J connectivity index is 1.74. The molecule has 0 N–H and O–H groups in total. The molecular weight excluding hydrogens is 327 g/mol. The highest BCUT2D eigenvalue weighted by Gasteiger charge is 2.57. The van der Waals surface area contributed by atoms with Crippen molar-refractivity contribution >= 4 is 22.7 Å². The highest BCUT2D eigenvalue weighted by atomic mass is 19.1. The summed E-state index contributed by atoms with van der Waals surface area (Å²) < 4.78 is 20.6. The highest BCUT2D eigenvalue weighted by molar-refractivity contribution is 5.89. The second-order valence-electron chi connectivity index (χ2n) is 7.54. The molecule has 0 fully saturated rings. The molecule has 26 heavy (non-hydrogen) atoms. The molecule has 2 aliphatic heterocycles. The second kappa shape index (κ2) is 4.85. The van der Waals surface area contributed by atoms with Crippen LogP contribution in [0.25, 0.3) is 17.0 Å². The summed E-state index contributed by atoms with van der Waals surface area (Å²) in [6.07, 6.45) is 5.96. The minimum Gasteiger partial charge on any atom is -0.460 e. The van der Waals surface area contributed by atoms with E-state index >= 15 is 0 Å². The first-order valence-corrected chi connectivity index (χ1v) is 8.74. The number of benzene rings is 2. The maximum absolute atomic E-state index is 13.9. The second-order valence-corrected chi connectivity index (χ2v) is 7.54. The topological polar surface area (TPSA) is 25.4 Å². The van der Waals surface area contributed by atoms with Gasteiger partial charge in [0.15, 0.2) is 5.75 Å². The minimum atomic E-state index is -0.734. The van der Waals surface area contributed by atoms with Crippen LogP contribution in [0.3, 0.4) is 0 Å². The number of rotatable bonds is 0. The first-order valence-electron chi connectivity index (χ1n) is 8.74. The van der Waals surface area contributed by atoms with Crippen LogP contribution in [0.2, 0.25) is 0 Å². The molecule has 5 rings (SSSR count). The van der Waals surface area contributed by atoms with Gasteiger partial charge in [0, 0.05) is 29.9 Å². The van der Waals surface area contributed by atoms with E-state index in [0.717, 1.165) is 33.5 Å². The smallest absolute Gasteiger partial charge is 0.211 e. The van der Waals surface area contributed by atoms with Gasteiger partial charge in [0.25, 0.3) is 0 Å². The number of anilines is 1. The van der Waals surface area contributed by atoms with Gasteiger partial charge in [-0.25, -0.2) is 4.39 Å². The number of likely N-dealkylation sites (N-methyl/N-ethyl adjacent to an activating group) is 1. The molecule has 0 bridgehead atoms. The fourth-order valence-electron chi connectivity index (χ4n) is 4.37. The van der Waals surface area contributed by atoms with Gasteiger partial charge in [-0.3, -0.25) is 4.98 Å². The number of pyridine rings is 1. The third-order valence-corrected chi connectivity index (χ3v) is 5.89. The van der Waals surface area contributed by atoms with Crippen molar-refractivity contribution in [3.63, 3.8) is 0 Å². The molecule has 2 aliphatic rings. The third-order valence-electron chi connectivity index (χ3n) is 5.89. The molecular formula is C22H19FN2O. The summed E-state index contributed by atoms with van der Waals surface area (Å²) in [5.41, 5.74) is 2.61. The van der Waals surface area contributed by atoms with E-state index in [1.165, 1.54) is 6.07 Å². The van der Waals surface area contributed by atoms with Gasteiger partial charge < -0.3 is 9.64 Å². The van der Waals surface area contributed by atoms with Gasteiger partial charge in [-0.05, 0) is 55.8 Å². The van der Waals surface area contributed by atoms with E-state index in [1.807, 2.05) is 25.2 Å². The molecule has 1 unspecified atom stereocenters. The van der Waals surface area contributed by atoms with E-state index in [-0.39, 0.29) is 5.82 Å². The minimum absolute atomic E-state index is 0.227. The van der Waals surface area contributed by atoms with Crippen LogP contribution < -0.4 is 9.64 Å². The summed E-state index contributed by atoms with van der Waals surface area (Å²) in [5, 5.41) is 1.04. The number of hydrogen-bond donors (Lipinski definition) is 0. The lowest BCUT2D eigenvalue weighted by molar-refractivity contribution is 0.0595. The zero-order valence-corrected chi connectivity index (χ0v) is 15.0. The molecule has 0 saturated carbocycles. The molecule has 130 valence electrons. The van der Waals surface area contributed by atoms with Crippen molar-refractivity contribution in [2.45, 2.75) is 25.0 Å². The molecule has 0 amide bonds. The molecule has 3 nitrogen and oxygen atoms in total. The number of aromatic nitrogens is 1. The maximum Gasteiger partial charge on any atom is 0.211 e. The monoisotopic (exact) mass is 346 g/mol. The van der Waals surface area contributed by atoms with Gasteiger partial charge in [-0.15, -0.1) is 0 Å². The first kappa shape index (κ1) is 15.4. The van der Waals surface area contributed by atoms with Crippen LogP contribution in [0.1, 0.15) is 25.0 Å². The van der Waals surface area contributed by atoms with Crippen molar-refractivity contribution < 1.29 is 9.13 Å². The Labute approximate surface area is 151 Å². The van der Waals surface area contributed by atoms with Crippen LogP contribution in [0.5, 0.6) is 5.75 Å². The van der Waals surface area contributed by atoms with Crippen LogP contribution in [0, 0.1) is 5.82 Å². The van der Waals surface area contributed by atoms with Crippen molar-refractivity contribution in [2.24, 2.45) is 0 Å². The quantitative estimate of drug-likeness (QED) is 0.579. The molecule has 3 heterocycles. The van der Waals surface area contributed by atoms with E-state index in [2.05, 4.69) is 48.0 Å². The Kier molecular flexibility index (Phi) is 2.87. The summed E-state index contributed by atoms with van der Waals surface area (Å²) >= 11 is 0. The Morgan fingerprint density at radius 3 is 2.81 bits per heavy atom. The van der Waals surface area contributed by atoms with Crippen molar-refractivity contribution in [3.8, 4) is 5.75 Å². The molecule has 1 atom stereocenters. The Bertz CT molecular complexity index is 1090. The molecule has 1 spiro atoms.